The number of nitrogens with zero attached hydrogens (tertiary/aromatic N) is 1. The van der Waals surface area contributed by atoms with Gasteiger partial charge in [-0.25, -0.2) is 9.69 Å². The molecule has 0 spiro atoms. The number of carbonyl (C=O) groups is 3. The zero-order valence-corrected chi connectivity index (χ0v) is 20.8. The first-order valence-electron chi connectivity index (χ1n) is 10.2. The van der Waals surface area contributed by atoms with Crippen molar-refractivity contribution >= 4 is 52.2 Å². The summed E-state index contributed by atoms with van der Waals surface area (Å²) in [7, 11) is 1.53. The summed E-state index contributed by atoms with van der Waals surface area (Å²) >= 11 is 2.13. The molecule has 1 aliphatic rings. The number of hydrogen-bond donors (Lipinski definition) is 1. The van der Waals surface area contributed by atoms with E-state index < -0.39 is 17.8 Å². The normalized spacial score (nSPS) is 16.2. The Kier molecular flexibility index (Phi) is 7.22. The van der Waals surface area contributed by atoms with Gasteiger partial charge in [-0.3, -0.25) is 14.9 Å². The number of rotatable bonds is 6. The second kappa shape index (κ2) is 9.72. The van der Waals surface area contributed by atoms with Gasteiger partial charge in [0.15, 0.2) is 11.5 Å². The third-order valence-electron chi connectivity index (χ3n) is 5.02. The predicted molar refractivity (Wildman–Crippen MR) is 131 cm³/mol. The third kappa shape index (κ3) is 4.95. The number of imide groups is 2. The number of halogens is 1. The smallest absolute Gasteiger partial charge is 0.335 e. The number of benzene rings is 2. The number of hydrogen-bond acceptors (Lipinski definition) is 5. The minimum absolute atomic E-state index is 0.00433. The Morgan fingerprint density at radius 1 is 1.09 bits per heavy atom. The second-order valence-electron chi connectivity index (χ2n) is 7.67. The summed E-state index contributed by atoms with van der Waals surface area (Å²) < 4.78 is 12.2. The highest BCUT2D eigenvalue weighted by Crippen LogP contribution is 2.36. The molecule has 0 radical (unpaired) electrons. The monoisotopic (exact) mass is 548 g/mol. The van der Waals surface area contributed by atoms with Crippen LogP contribution in [-0.2, 0) is 9.59 Å². The fraction of sp³-hybridized carbons (Fsp3) is 0.292. The van der Waals surface area contributed by atoms with Crippen molar-refractivity contribution in [1.29, 1.82) is 0 Å². The number of methoxy groups -OCH3 is 1. The number of ether oxygens (including phenoxy) is 2. The lowest BCUT2D eigenvalue weighted by Gasteiger charge is -2.27. The van der Waals surface area contributed by atoms with Crippen LogP contribution >= 0.6 is 22.6 Å². The Labute approximate surface area is 200 Å². The number of amides is 4. The van der Waals surface area contributed by atoms with Gasteiger partial charge in [0.2, 0.25) is 0 Å². The van der Waals surface area contributed by atoms with Crippen molar-refractivity contribution in [2.24, 2.45) is 0 Å². The Hall–Kier alpha value is -2.88. The Balaban J connectivity index is 2.03. The fourth-order valence-electron chi connectivity index (χ4n) is 3.36. The minimum atomic E-state index is -0.772. The fourth-order valence-corrected chi connectivity index (χ4v) is 4.11. The first-order valence-corrected chi connectivity index (χ1v) is 11.3. The maximum absolute atomic E-state index is 13.2. The number of anilines is 1. The zero-order chi connectivity index (χ0) is 23.6. The lowest BCUT2D eigenvalue weighted by Crippen LogP contribution is -2.54. The topological polar surface area (TPSA) is 84.9 Å². The molecule has 1 aliphatic heterocycles. The second-order valence-corrected chi connectivity index (χ2v) is 8.84. The van der Waals surface area contributed by atoms with Gasteiger partial charge in [0.05, 0.1) is 22.5 Å². The summed E-state index contributed by atoms with van der Waals surface area (Å²) in [6.07, 6.45) is 2.30. The van der Waals surface area contributed by atoms with E-state index in [-0.39, 0.29) is 11.7 Å². The van der Waals surface area contributed by atoms with Crippen molar-refractivity contribution in [3.8, 4) is 11.5 Å². The zero-order valence-electron chi connectivity index (χ0n) is 18.6. The molecule has 168 valence electrons. The highest BCUT2D eigenvalue weighted by Gasteiger charge is 2.37. The average Bonchev–Trinajstić information content (AvgIpc) is 2.71. The van der Waals surface area contributed by atoms with Gasteiger partial charge in [-0.1, -0.05) is 13.0 Å². The molecular weight excluding hydrogens is 523 g/mol. The molecular formula is C24H25IN2O5. The summed E-state index contributed by atoms with van der Waals surface area (Å²) in [4.78, 5) is 39.2. The molecule has 1 heterocycles. The van der Waals surface area contributed by atoms with E-state index in [2.05, 4.69) is 27.9 Å². The number of carbonyl (C=O) groups excluding carboxylic acids is 3. The first-order chi connectivity index (χ1) is 15.1. The molecule has 1 fully saturated rings. The lowest BCUT2D eigenvalue weighted by atomic mass is 10.0. The number of barbiturate groups is 1. The molecule has 7 nitrogen and oxygen atoms in total. The van der Waals surface area contributed by atoms with Crippen LogP contribution in [0.1, 0.15) is 37.0 Å². The van der Waals surface area contributed by atoms with Crippen molar-refractivity contribution in [2.45, 2.75) is 40.2 Å². The molecule has 32 heavy (non-hydrogen) atoms. The molecule has 0 bridgehead atoms. The maximum atomic E-state index is 13.2. The van der Waals surface area contributed by atoms with Gasteiger partial charge < -0.3 is 9.47 Å². The molecule has 0 aromatic heterocycles. The van der Waals surface area contributed by atoms with E-state index in [9.17, 15) is 14.4 Å². The van der Waals surface area contributed by atoms with Gasteiger partial charge in [0.25, 0.3) is 11.8 Å². The van der Waals surface area contributed by atoms with Crippen LogP contribution in [0.25, 0.3) is 6.08 Å². The van der Waals surface area contributed by atoms with Crippen molar-refractivity contribution in [3.05, 3.63) is 56.2 Å². The van der Waals surface area contributed by atoms with Crippen LogP contribution in [0, 0.1) is 17.4 Å². The summed E-state index contributed by atoms with van der Waals surface area (Å²) in [6, 6.07) is 8.12. The molecule has 3 rings (SSSR count). The SMILES string of the molecule is CC[C@H](C)Oc1c(I)cc(/C=C2\C(=O)NC(=O)N(c3cc(C)cc(C)c3)C2=O)cc1OC. The van der Waals surface area contributed by atoms with Crippen molar-refractivity contribution in [1.82, 2.24) is 5.32 Å². The van der Waals surface area contributed by atoms with Crippen LogP contribution in [0.4, 0.5) is 10.5 Å². The van der Waals surface area contributed by atoms with Crippen molar-refractivity contribution in [2.75, 3.05) is 12.0 Å². The van der Waals surface area contributed by atoms with Gasteiger partial charge in [0.1, 0.15) is 5.57 Å². The third-order valence-corrected chi connectivity index (χ3v) is 5.82. The molecule has 2 aromatic rings. The molecule has 0 saturated carbocycles. The van der Waals surface area contributed by atoms with Gasteiger partial charge in [-0.05, 0) is 96.8 Å². The lowest BCUT2D eigenvalue weighted by molar-refractivity contribution is -0.122. The molecule has 4 amide bonds. The molecule has 0 aliphatic carbocycles. The van der Waals surface area contributed by atoms with E-state index >= 15 is 0 Å². The van der Waals surface area contributed by atoms with Crippen LogP contribution in [0.15, 0.2) is 35.9 Å². The van der Waals surface area contributed by atoms with Crippen molar-refractivity contribution < 1.29 is 23.9 Å². The Morgan fingerprint density at radius 2 is 1.75 bits per heavy atom. The molecule has 0 unspecified atom stereocenters. The van der Waals surface area contributed by atoms with Gasteiger partial charge in [-0.2, -0.15) is 0 Å². The highest BCUT2D eigenvalue weighted by atomic mass is 127. The van der Waals surface area contributed by atoms with Crippen LogP contribution in [0.3, 0.4) is 0 Å². The minimum Gasteiger partial charge on any atom is -0.493 e. The van der Waals surface area contributed by atoms with E-state index in [1.165, 1.54) is 13.2 Å². The summed E-state index contributed by atoms with van der Waals surface area (Å²) in [5, 5.41) is 2.26. The van der Waals surface area contributed by atoms with E-state index in [1.54, 1.807) is 24.3 Å². The average molecular weight is 548 g/mol. The van der Waals surface area contributed by atoms with E-state index in [1.807, 2.05) is 33.8 Å². The summed E-state index contributed by atoms with van der Waals surface area (Å²) in [5.41, 5.74) is 2.65. The van der Waals surface area contributed by atoms with Crippen LogP contribution < -0.4 is 19.7 Å². The van der Waals surface area contributed by atoms with Crippen LogP contribution in [0.2, 0.25) is 0 Å². The Morgan fingerprint density at radius 3 is 2.34 bits per heavy atom. The maximum Gasteiger partial charge on any atom is 0.335 e. The van der Waals surface area contributed by atoms with Gasteiger partial charge >= 0.3 is 6.03 Å². The number of urea groups is 1. The molecule has 8 heteroatoms. The number of nitrogens with one attached hydrogen (secondary N) is 1. The number of aryl methyl sites for hydroxylation is 2. The predicted octanol–water partition coefficient (Wildman–Crippen LogP) is 4.76. The standard InChI is InChI=1S/C24H25IN2O5/c1-6-15(4)32-21-19(25)11-16(12-20(21)31-5)10-18-22(28)26-24(30)27(23(18)29)17-8-13(2)7-14(3)9-17/h7-12,15H,6H2,1-5H3,(H,26,28,30)/b18-10+/t15-/m0/s1. The van der Waals surface area contributed by atoms with Crippen molar-refractivity contribution in [3.63, 3.8) is 0 Å². The molecule has 2 aromatic carbocycles. The van der Waals surface area contributed by atoms with Gasteiger partial charge in [0, 0.05) is 0 Å². The Bertz CT molecular complexity index is 1110. The van der Waals surface area contributed by atoms with E-state index in [0.717, 1.165) is 26.0 Å². The summed E-state index contributed by atoms with van der Waals surface area (Å²) in [5.74, 6) is -0.321. The van der Waals surface area contributed by atoms with Gasteiger partial charge in [-0.15, -0.1) is 0 Å². The van der Waals surface area contributed by atoms with E-state index in [0.29, 0.717) is 22.7 Å². The van der Waals surface area contributed by atoms with Crippen LogP contribution in [0.5, 0.6) is 11.5 Å². The molecule has 1 N–H and O–H groups in total. The largest absolute Gasteiger partial charge is 0.493 e. The quantitative estimate of drug-likeness (QED) is 0.320. The molecule has 1 saturated heterocycles. The first kappa shape index (κ1) is 23.8. The highest BCUT2D eigenvalue weighted by molar-refractivity contribution is 14.1. The summed E-state index contributed by atoms with van der Waals surface area (Å²) in [6.45, 7) is 7.75. The van der Waals surface area contributed by atoms with Crippen LogP contribution in [-0.4, -0.2) is 31.1 Å². The molecule has 1 atom stereocenters. The van der Waals surface area contributed by atoms with E-state index in [4.69, 9.17) is 9.47 Å².